The summed E-state index contributed by atoms with van der Waals surface area (Å²) in [5.74, 6) is 0.671. The average molecular weight is 224 g/mol. The van der Waals surface area contributed by atoms with Crippen LogP contribution < -0.4 is 5.32 Å². The van der Waals surface area contributed by atoms with Crippen molar-refractivity contribution in [1.29, 1.82) is 0 Å². The quantitative estimate of drug-likeness (QED) is 0.781. The van der Waals surface area contributed by atoms with Gasteiger partial charge in [0.1, 0.15) is 5.88 Å². The van der Waals surface area contributed by atoms with Gasteiger partial charge in [-0.1, -0.05) is 24.3 Å². The largest absolute Gasteiger partial charge is 0.351 e. The van der Waals surface area contributed by atoms with E-state index in [0.717, 1.165) is 11.5 Å². The van der Waals surface area contributed by atoms with Crippen LogP contribution in [0, 0.1) is 0 Å². The number of halogens is 1. The van der Waals surface area contributed by atoms with Crippen LogP contribution in [0.2, 0.25) is 0 Å². The highest BCUT2D eigenvalue weighted by Crippen LogP contribution is 2.40. The third-order valence-electron chi connectivity index (χ3n) is 2.61. The molecular formula is C12H14ClNO. The minimum atomic E-state index is -0.117. The van der Waals surface area contributed by atoms with Gasteiger partial charge in [-0.05, 0) is 29.9 Å². The predicted octanol–water partition coefficient (Wildman–Crippen LogP) is 2.42. The van der Waals surface area contributed by atoms with Crippen molar-refractivity contribution in [3.05, 3.63) is 35.4 Å². The molecule has 1 N–H and O–H groups in total. The maximum atomic E-state index is 11.0. The van der Waals surface area contributed by atoms with Crippen molar-refractivity contribution in [2.45, 2.75) is 25.3 Å². The van der Waals surface area contributed by atoms with E-state index in [9.17, 15) is 4.79 Å². The van der Waals surface area contributed by atoms with Crippen LogP contribution in [0.3, 0.4) is 0 Å². The topological polar surface area (TPSA) is 29.1 Å². The summed E-state index contributed by atoms with van der Waals surface area (Å²) in [7, 11) is 0. The molecule has 2 nitrogen and oxygen atoms in total. The molecule has 0 spiro atoms. The third-order valence-corrected chi connectivity index (χ3v) is 2.85. The summed E-state index contributed by atoms with van der Waals surface area (Å²) in [6.45, 7) is 0.576. The fourth-order valence-corrected chi connectivity index (χ4v) is 1.72. The Labute approximate surface area is 94.6 Å². The lowest BCUT2D eigenvalue weighted by atomic mass is 10.1. The van der Waals surface area contributed by atoms with Crippen molar-refractivity contribution < 1.29 is 4.79 Å². The van der Waals surface area contributed by atoms with Gasteiger partial charge in [-0.2, -0.15) is 0 Å². The fraction of sp³-hybridized carbons (Fsp3) is 0.417. The molecule has 0 unspecified atom stereocenters. The highest BCUT2D eigenvalue weighted by molar-refractivity contribution is 6.27. The smallest absolute Gasteiger partial charge is 0.235 e. The minimum absolute atomic E-state index is 0.0301. The summed E-state index contributed by atoms with van der Waals surface area (Å²) in [6, 6.07) is 8.41. The average Bonchev–Trinajstić information content (AvgIpc) is 3.10. The molecule has 0 bridgehead atoms. The number of carbonyl (C=O) groups is 1. The second-order valence-electron chi connectivity index (χ2n) is 3.93. The van der Waals surface area contributed by atoms with Crippen LogP contribution >= 0.6 is 11.6 Å². The Morgan fingerprint density at radius 2 is 2.27 bits per heavy atom. The second kappa shape index (κ2) is 4.67. The molecule has 0 aromatic heterocycles. The summed E-state index contributed by atoms with van der Waals surface area (Å²) in [5, 5.41) is 2.76. The van der Waals surface area contributed by atoms with E-state index in [2.05, 4.69) is 23.5 Å². The Kier molecular flexibility index (Phi) is 3.27. The molecular weight excluding hydrogens is 210 g/mol. The lowest BCUT2D eigenvalue weighted by Crippen LogP contribution is -2.23. The van der Waals surface area contributed by atoms with Crippen LogP contribution in [0.25, 0.3) is 0 Å². The van der Waals surface area contributed by atoms with Crippen LogP contribution in [-0.4, -0.2) is 11.8 Å². The second-order valence-corrected chi connectivity index (χ2v) is 4.20. The molecule has 1 amide bonds. The predicted molar refractivity (Wildman–Crippen MR) is 61.0 cm³/mol. The van der Waals surface area contributed by atoms with E-state index in [-0.39, 0.29) is 11.8 Å². The van der Waals surface area contributed by atoms with Crippen LogP contribution in [0.15, 0.2) is 24.3 Å². The van der Waals surface area contributed by atoms with Gasteiger partial charge >= 0.3 is 0 Å². The number of benzene rings is 1. The molecule has 1 aromatic rings. The van der Waals surface area contributed by atoms with Crippen molar-refractivity contribution in [3.8, 4) is 0 Å². The summed E-state index contributed by atoms with van der Waals surface area (Å²) in [6.07, 6.45) is 2.61. The molecule has 1 fully saturated rings. The Bertz CT molecular complexity index is 360. The van der Waals surface area contributed by atoms with Crippen LogP contribution in [0.4, 0.5) is 0 Å². The summed E-state index contributed by atoms with van der Waals surface area (Å²) in [4.78, 5) is 11.0. The van der Waals surface area contributed by atoms with Crippen LogP contribution in [0.1, 0.15) is 29.9 Å². The van der Waals surface area contributed by atoms with Crippen molar-refractivity contribution in [3.63, 3.8) is 0 Å². The Morgan fingerprint density at radius 3 is 2.93 bits per heavy atom. The van der Waals surface area contributed by atoms with Gasteiger partial charge in [0, 0.05) is 6.54 Å². The highest BCUT2D eigenvalue weighted by atomic mass is 35.5. The van der Waals surface area contributed by atoms with E-state index in [1.165, 1.54) is 18.4 Å². The van der Waals surface area contributed by atoms with Crippen molar-refractivity contribution in [2.24, 2.45) is 0 Å². The van der Waals surface area contributed by atoms with Crippen LogP contribution in [0.5, 0.6) is 0 Å². The number of alkyl halides is 1. The Morgan fingerprint density at radius 1 is 1.47 bits per heavy atom. The molecule has 15 heavy (non-hydrogen) atoms. The van der Waals surface area contributed by atoms with E-state index in [1.54, 1.807) is 0 Å². The van der Waals surface area contributed by atoms with Gasteiger partial charge in [0.2, 0.25) is 5.91 Å². The van der Waals surface area contributed by atoms with Gasteiger partial charge in [0.05, 0.1) is 0 Å². The van der Waals surface area contributed by atoms with Gasteiger partial charge in [-0.3, -0.25) is 4.79 Å². The standard InChI is InChI=1S/C12H14ClNO/c13-7-12(15)14-8-9-2-1-3-11(6-9)10-4-5-10/h1-3,6,10H,4-5,7-8H2,(H,14,15). The van der Waals surface area contributed by atoms with Crippen molar-refractivity contribution in [1.82, 2.24) is 5.32 Å². The SMILES string of the molecule is O=C(CCl)NCc1cccc(C2CC2)c1. The van der Waals surface area contributed by atoms with E-state index < -0.39 is 0 Å². The molecule has 80 valence electrons. The number of hydrogen-bond acceptors (Lipinski definition) is 1. The van der Waals surface area contributed by atoms with E-state index in [4.69, 9.17) is 11.6 Å². The lowest BCUT2D eigenvalue weighted by Gasteiger charge is -2.05. The zero-order chi connectivity index (χ0) is 10.7. The van der Waals surface area contributed by atoms with E-state index in [0.29, 0.717) is 6.54 Å². The zero-order valence-electron chi connectivity index (χ0n) is 8.50. The first-order chi connectivity index (χ1) is 7.29. The number of hydrogen-bond donors (Lipinski definition) is 1. The molecule has 1 aliphatic carbocycles. The number of rotatable bonds is 4. The minimum Gasteiger partial charge on any atom is -0.351 e. The Hall–Kier alpha value is -1.02. The van der Waals surface area contributed by atoms with Gasteiger partial charge < -0.3 is 5.32 Å². The number of amides is 1. The maximum absolute atomic E-state index is 11.0. The molecule has 1 saturated carbocycles. The van der Waals surface area contributed by atoms with Crippen molar-refractivity contribution >= 4 is 17.5 Å². The monoisotopic (exact) mass is 223 g/mol. The number of nitrogens with one attached hydrogen (secondary N) is 1. The molecule has 0 atom stereocenters. The summed E-state index contributed by atoms with van der Waals surface area (Å²) in [5.41, 5.74) is 2.55. The van der Waals surface area contributed by atoms with Gasteiger partial charge in [-0.25, -0.2) is 0 Å². The maximum Gasteiger partial charge on any atom is 0.235 e. The van der Waals surface area contributed by atoms with E-state index >= 15 is 0 Å². The first-order valence-corrected chi connectivity index (χ1v) is 5.74. The molecule has 1 aliphatic rings. The molecule has 0 saturated heterocycles. The molecule has 0 aliphatic heterocycles. The molecule has 3 heteroatoms. The van der Waals surface area contributed by atoms with Crippen molar-refractivity contribution in [2.75, 3.05) is 5.88 Å². The molecule has 0 heterocycles. The van der Waals surface area contributed by atoms with E-state index in [1.807, 2.05) is 6.07 Å². The fourth-order valence-electron chi connectivity index (χ4n) is 1.62. The van der Waals surface area contributed by atoms with Gasteiger partial charge in [0.15, 0.2) is 0 Å². The van der Waals surface area contributed by atoms with Crippen LogP contribution in [-0.2, 0) is 11.3 Å². The number of carbonyl (C=O) groups excluding carboxylic acids is 1. The summed E-state index contributed by atoms with van der Waals surface area (Å²) < 4.78 is 0. The van der Waals surface area contributed by atoms with Gasteiger partial charge in [-0.15, -0.1) is 11.6 Å². The lowest BCUT2D eigenvalue weighted by molar-refractivity contribution is -0.118. The first-order valence-electron chi connectivity index (χ1n) is 5.21. The Balaban J connectivity index is 1.95. The molecule has 1 aromatic carbocycles. The third kappa shape index (κ3) is 2.96. The molecule has 2 rings (SSSR count). The molecule has 0 radical (unpaired) electrons. The summed E-state index contributed by atoms with van der Waals surface area (Å²) >= 11 is 5.40. The zero-order valence-corrected chi connectivity index (χ0v) is 9.26. The normalized spacial score (nSPS) is 15.0. The first kappa shape index (κ1) is 10.5. The van der Waals surface area contributed by atoms with Gasteiger partial charge in [0.25, 0.3) is 0 Å². The highest BCUT2D eigenvalue weighted by Gasteiger charge is 2.23.